The van der Waals surface area contributed by atoms with Gasteiger partial charge in [-0.05, 0) is 6.07 Å². The Kier molecular flexibility index (Phi) is 6.19. The molecule has 13 heteroatoms. The van der Waals surface area contributed by atoms with Gasteiger partial charge in [-0.15, -0.1) is 0 Å². The number of hydrogen-bond acceptors (Lipinski definition) is 9. The van der Waals surface area contributed by atoms with E-state index in [-0.39, 0.29) is 19.0 Å². The van der Waals surface area contributed by atoms with Crippen LogP contribution >= 0.6 is 7.82 Å². The van der Waals surface area contributed by atoms with Crippen LogP contribution in [0.1, 0.15) is 18.2 Å². The van der Waals surface area contributed by atoms with Gasteiger partial charge in [-0.25, -0.2) is 19.5 Å². The molecule has 1 aliphatic heterocycles. The van der Waals surface area contributed by atoms with Crippen LogP contribution in [-0.2, 0) is 25.2 Å². The van der Waals surface area contributed by atoms with Crippen molar-refractivity contribution in [3.63, 3.8) is 0 Å². The Morgan fingerprint density at radius 1 is 1.32 bits per heavy atom. The summed E-state index contributed by atoms with van der Waals surface area (Å²) in [6.45, 7) is -0.0488. The number of phosphoric acid groups is 1. The maximum atomic E-state index is 11.2. The molecule has 3 atom stereocenters. The number of nitrogens with two attached hydrogens (primary N) is 1. The van der Waals surface area contributed by atoms with Gasteiger partial charge in [-0.2, -0.15) is 0 Å². The molecule has 12 nitrogen and oxygen atoms in total. The Bertz CT molecular complexity index is 1100. The van der Waals surface area contributed by atoms with Gasteiger partial charge in [0.15, 0.2) is 11.5 Å². The zero-order chi connectivity index (χ0) is 22.0. The third-order valence-corrected chi connectivity index (χ3v) is 5.51. The number of para-hydroxylation sites is 1. The summed E-state index contributed by atoms with van der Waals surface area (Å²) < 4.78 is 29.7. The molecule has 5 N–H and O–H groups in total. The van der Waals surface area contributed by atoms with Crippen molar-refractivity contribution in [2.45, 2.75) is 31.5 Å². The molecule has 1 fully saturated rings. The molecule has 1 unspecified atom stereocenters. The summed E-state index contributed by atoms with van der Waals surface area (Å²) in [4.78, 5) is 30.6. The zero-order valence-electron chi connectivity index (χ0n) is 16.7. The van der Waals surface area contributed by atoms with Gasteiger partial charge in [0.1, 0.15) is 24.2 Å². The van der Waals surface area contributed by atoms with E-state index in [1.807, 2.05) is 31.3 Å². The van der Waals surface area contributed by atoms with E-state index in [1.165, 1.54) is 6.33 Å². The van der Waals surface area contributed by atoms with Gasteiger partial charge in [0, 0.05) is 24.7 Å². The van der Waals surface area contributed by atoms with E-state index in [0.717, 1.165) is 11.3 Å². The van der Waals surface area contributed by atoms with E-state index in [0.29, 0.717) is 17.6 Å². The summed E-state index contributed by atoms with van der Waals surface area (Å²) in [6.07, 6.45) is 1.54. The van der Waals surface area contributed by atoms with Crippen LogP contribution in [0, 0.1) is 0 Å². The molecule has 1 aliphatic rings. The second-order valence-corrected chi connectivity index (χ2v) is 8.23. The summed E-state index contributed by atoms with van der Waals surface area (Å²) in [5.41, 5.74) is 8.66. The highest BCUT2D eigenvalue weighted by Crippen LogP contribution is 2.39. The Labute approximate surface area is 177 Å². The first-order valence-corrected chi connectivity index (χ1v) is 11.0. The molecule has 4 rings (SSSR count). The summed E-state index contributed by atoms with van der Waals surface area (Å²) in [5, 5.41) is 3.11. The van der Waals surface area contributed by atoms with Gasteiger partial charge in [0.05, 0.1) is 25.6 Å². The minimum Gasteiger partial charge on any atom is -0.388 e. The predicted octanol–water partition coefficient (Wildman–Crippen LogP) is 1.43. The summed E-state index contributed by atoms with van der Waals surface area (Å²) in [6, 6.07) is 7.69. The van der Waals surface area contributed by atoms with E-state index < -0.39 is 26.3 Å². The molecule has 31 heavy (non-hydrogen) atoms. The van der Waals surface area contributed by atoms with Crippen LogP contribution in [0.15, 0.2) is 36.9 Å². The van der Waals surface area contributed by atoms with Gasteiger partial charge in [0.25, 0.3) is 0 Å². The third-order valence-electron chi connectivity index (χ3n) is 5.02. The monoisotopic (exact) mass is 450 g/mol. The second kappa shape index (κ2) is 8.87. The number of fused-ring (bicyclic) bond motifs is 1. The number of nitrogen functional groups attached to an aromatic ring is 1. The molecule has 3 aromatic rings. The van der Waals surface area contributed by atoms with E-state index in [9.17, 15) is 4.57 Å². The minimum absolute atomic E-state index is 0.250. The van der Waals surface area contributed by atoms with Crippen molar-refractivity contribution in [1.29, 1.82) is 0 Å². The zero-order valence-corrected chi connectivity index (χ0v) is 17.6. The number of imidazole rings is 1. The fourth-order valence-electron chi connectivity index (χ4n) is 3.53. The second-order valence-electron chi connectivity index (χ2n) is 6.99. The number of phosphoric ester groups is 1. The Morgan fingerprint density at radius 2 is 2.13 bits per heavy atom. The van der Waals surface area contributed by atoms with Crippen molar-refractivity contribution in [2.75, 3.05) is 24.7 Å². The third kappa shape index (κ3) is 4.85. The van der Waals surface area contributed by atoms with Gasteiger partial charge >= 0.3 is 7.82 Å². The lowest BCUT2D eigenvalue weighted by atomic mass is 10.1. The molecule has 0 amide bonds. The summed E-state index contributed by atoms with van der Waals surface area (Å²) >= 11 is 0. The van der Waals surface area contributed by atoms with Crippen LogP contribution < -0.4 is 11.1 Å². The number of aromatic nitrogens is 4. The maximum absolute atomic E-state index is 11.2. The average molecular weight is 450 g/mol. The number of rotatable bonds is 8. The highest BCUT2D eigenvalue weighted by atomic mass is 31.2. The van der Waals surface area contributed by atoms with Crippen LogP contribution in [0.2, 0.25) is 0 Å². The fraction of sp³-hybridized carbons (Fsp3) is 0.389. The molecular weight excluding hydrogens is 427 g/mol. The van der Waals surface area contributed by atoms with Crippen LogP contribution in [0.25, 0.3) is 11.2 Å². The standard InChI is InChI=1S/C18H23N6O6P/c1-20-12-5-3-2-4-11(12)7-28-13-6-15(30-14(13)8-29-31(25,26)27)24-10-23-16-17(19)21-9-22-18(16)24/h2-5,9-10,13-15,20H,6-8H2,1H3,(H2,19,21,22)(H2,25,26,27)/t13?,14-,15-/m1/s1. The van der Waals surface area contributed by atoms with Gasteiger partial charge in [-0.3, -0.25) is 9.09 Å². The Morgan fingerprint density at radius 3 is 2.90 bits per heavy atom. The van der Waals surface area contributed by atoms with Crippen LogP contribution in [-0.4, -0.2) is 55.2 Å². The average Bonchev–Trinajstić information content (AvgIpc) is 3.35. The molecule has 3 heterocycles. The molecule has 0 bridgehead atoms. The first kappa shape index (κ1) is 21.6. The SMILES string of the molecule is CNc1ccccc1COC1C[C@H](n2cnc3c(N)ncnc32)O[C@@H]1COP(=O)(O)O. The first-order valence-electron chi connectivity index (χ1n) is 9.51. The summed E-state index contributed by atoms with van der Waals surface area (Å²) in [5.74, 6) is 0.250. The van der Waals surface area contributed by atoms with Crippen molar-refractivity contribution < 1.29 is 28.3 Å². The molecule has 1 aromatic carbocycles. The predicted molar refractivity (Wildman–Crippen MR) is 111 cm³/mol. The normalized spacial score (nSPS) is 21.6. The minimum atomic E-state index is -4.66. The smallest absolute Gasteiger partial charge is 0.388 e. The number of hydrogen-bond donors (Lipinski definition) is 4. The fourth-order valence-corrected chi connectivity index (χ4v) is 3.88. The van der Waals surface area contributed by atoms with Gasteiger partial charge < -0.3 is 30.3 Å². The highest BCUT2D eigenvalue weighted by molar-refractivity contribution is 7.46. The molecular formula is C18H23N6O6P. The topological polar surface area (TPSA) is 167 Å². The van der Waals surface area contributed by atoms with Crippen LogP contribution in [0.4, 0.5) is 11.5 Å². The first-order chi connectivity index (χ1) is 14.9. The lowest BCUT2D eigenvalue weighted by Gasteiger charge is -2.20. The van der Waals surface area contributed by atoms with E-state index in [1.54, 1.807) is 10.9 Å². The molecule has 166 valence electrons. The van der Waals surface area contributed by atoms with Crippen molar-refractivity contribution in [3.8, 4) is 0 Å². The lowest BCUT2D eigenvalue weighted by molar-refractivity contribution is -0.0630. The number of anilines is 2. The van der Waals surface area contributed by atoms with Gasteiger partial charge in [0.2, 0.25) is 0 Å². The molecule has 0 spiro atoms. The van der Waals surface area contributed by atoms with Crippen molar-refractivity contribution >= 4 is 30.5 Å². The summed E-state index contributed by atoms with van der Waals surface area (Å²) in [7, 11) is -2.84. The van der Waals surface area contributed by atoms with Gasteiger partial charge in [-0.1, -0.05) is 18.2 Å². The lowest BCUT2D eigenvalue weighted by Crippen LogP contribution is -2.28. The number of nitrogens with one attached hydrogen (secondary N) is 1. The molecule has 1 saturated heterocycles. The van der Waals surface area contributed by atoms with Crippen molar-refractivity contribution in [2.24, 2.45) is 0 Å². The number of benzene rings is 1. The quantitative estimate of drug-likeness (QED) is 0.367. The van der Waals surface area contributed by atoms with E-state index in [4.69, 9.17) is 29.5 Å². The molecule has 0 saturated carbocycles. The molecule has 0 aliphatic carbocycles. The Hall–Kier alpha value is -2.60. The maximum Gasteiger partial charge on any atom is 0.469 e. The molecule has 2 aromatic heterocycles. The largest absolute Gasteiger partial charge is 0.469 e. The van der Waals surface area contributed by atoms with Crippen molar-refractivity contribution in [3.05, 3.63) is 42.5 Å². The number of ether oxygens (including phenoxy) is 2. The van der Waals surface area contributed by atoms with Crippen LogP contribution in [0.3, 0.4) is 0 Å². The number of nitrogens with zero attached hydrogens (tertiary/aromatic N) is 4. The van der Waals surface area contributed by atoms with E-state index in [2.05, 4.69) is 20.3 Å². The van der Waals surface area contributed by atoms with E-state index >= 15 is 0 Å². The van der Waals surface area contributed by atoms with Crippen molar-refractivity contribution in [1.82, 2.24) is 19.5 Å². The highest BCUT2D eigenvalue weighted by Gasteiger charge is 2.39. The van der Waals surface area contributed by atoms with Crippen LogP contribution in [0.5, 0.6) is 0 Å². The Balaban J connectivity index is 1.54. The molecule has 0 radical (unpaired) electrons.